The summed E-state index contributed by atoms with van der Waals surface area (Å²) < 4.78 is 10.7. The molecule has 270 valence electrons. The number of thiophene rings is 1. The summed E-state index contributed by atoms with van der Waals surface area (Å²) in [6.45, 7) is 4.75. The number of nitrogens with zero attached hydrogens (tertiary/aromatic N) is 1. The molecule has 0 saturated heterocycles. The first-order valence-electron chi connectivity index (χ1n) is 20.1. The molecule has 0 spiro atoms. The number of benzene rings is 6. The molecule has 4 aliphatic rings. The van der Waals surface area contributed by atoms with Crippen molar-refractivity contribution in [3.8, 4) is 11.1 Å². The number of allylic oxidation sites excluding steroid dienone is 4. The normalized spacial score (nSPS) is 19.2. The zero-order valence-electron chi connectivity index (χ0n) is 31.4. The van der Waals surface area contributed by atoms with Gasteiger partial charge in [-0.1, -0.05) is 129 Å². The van der Waals surface area contributed by atoms with Crippen LogP contribution in [0.1, 0.15) is 72.4 Å². The zero-order valence-corrected chi connectivity index (χ0v) is 32.2. The van der Waals surface area contributed by atoms with Gasteiger partial charge in [0.25, 0.3) is 0 Å². The molecule has 0 amide bonds. The molecule has 0 radical (unpaired) electrons. The summed E-state index contributed by atoms with van der Waals surface area (Å²) in [7, 11) is 0. The van der Waals surface area contributed by atoms with Gasteiger partial charge in [-0.05, 0) is 82.8 Å². The number of furan rings is 1. The summed E-state index contributed by atoms with van der Waals surface area (Å²) in [5.41, 5.74) is 15.7. The Kier molecular flexibility index (Phi) is 6.15. The third-order valence-corrected chi connectivity index (χ3v) is 14.8. The van der Waals surface area contributed by atoms with E-state index in [0.717, 1.165) is 41.8 Å². The molecule has 4 nitrogen and oxygen atoms in total. The van der Waals surface area contributed by atoms with Gasteiger partial charge >= 0.3 is 0 Å². The maximum atomic E-state index is 6.65. The van der Waals surface area contributed by atoms with Gasteiger partial charge in [-0.3, -0.25) is 0 Å². The third kappa shape index (κ3) is 3.98. The molecule has 0 fully saturated rings. The van der Waals surface area contributed by atoms with Crippen LogP contribution in [0, 0.1) is 0 Å². The highest BCUT2D eigenvalue weighted by Gasteiger charge is 2.40. The average molecular weight is 742 g/mol. The van der Waals surface area contributed by atoms with Crippen molar-refractivity contribution >= 4 is 82.1 Å². The largest absolute Gasteiger partial charge is 0.438 e. The van der Waals surface area contributed by atoms with Crippen molar-refractivity contribution in [3.63, 3.8) is 0 Å². The number of fused-ring (bicyclic) bond motifs is 17. The predicted octanol–water partition coefficient (Wildman–Crippen LogP) is 14.0. The highest BCUT2D eigenvalue weighted by molar-refractivity contribution is 7.21. The number of hydrogen-bond donors (Lipinski definition) is 2. The van der Waals surface area contributed by atoms with Gasteiger partial charge in [0, 0.05) is 47.3 Å². The Morgan fingerprint density at radius 1 is 0.714 bits per heavy atom. The van der Waals surface area contributed by atoms with Crippen LogP contribution >= 0.6 is 11.3 Å². The van der Waals surface area contributed by atoms with Crippen LogP contribution in [-0.4, -0.2) is 4.57 Å². The Balaban J connectivity index is 1.12. The number of para-hydroxylation sites is 2. The van der Waals surface area contributed by atoms with Crippen molar-refractivity contribution in [1.82, 2.24) is 4.57 Å². The minimum absolute atomic E-state index is 0.109. The van der Waals surface area contributed by atoms with Crippen molar-refractivity contribution in [2.24, 2.45) is 0 Å². The minimum Gasteiger partial charge on any atom is -0.438 e. The quantitative estimate of drug-likeness (QED) is 0.185. The summed E-state index contributed by atoms with van der Waals surface area (Å²) in [6.07, 6.45) is 9.17. The minimum atomic E-state index is -0.207. The summed E-state index contributed by atoms with van der Waals surface area (Å²) in [6, 6.07) is 42.7. The molecule has 3 aliphatic carbocycles. The van der Waals surface area contributed by atoms with E-state index in [9.17, 15) is 0 Å². The van der Waals surface area contributed by atoms with Crippen LogP contribution in [0.4, 0.5) is 11.6 Å². The van der Waals surface area contributed by atoms with E-state index >= 15 is 0 Å². The molecule has 0 bridgehead atoms. The molecular weight excluding hydrogens is 703 g/mol. The maximum absolute atomic E-state index is 6.65. The topological polar surface area (TPSA) is 42.1 Å². The number of nitrogens with one attached hydrogen (secondary N) is 2. The Morgan fingerprint density at radius 2 is 1.48 bits per heavy atom. The van der Waals surface area contributed by atoms with Crippen LogP contribution < -0.4 is 10.6 Å². The Hall–Kier alpha value is -6.04. The van der Waals surface area contributed by atoms with Gasteiger partial charge < -0.3 is 19.6 Å². The lowest BCUT2D eigenvalue weighted by molar-refractivity contribution is 0.480. The fourth-order valence-corrected chi connectivity index (χ4v) is 12.4. The lowest BCUT2D eigenvalue weighted by Crippen LogP contribution is -2.34. The van der Waals surface area contributed by atoms with Gasteiger partial charge in [0.2, 0.25) is 5.88 Å². The standard InChI is InChI=1S/C51H39N3OS/c1-51(2)38-20-10-7-15-31(38)32-25-24-29(27-39(32)51)44-49(53-50-45(52-44)36-19-9-12-22-41(36)55-50)54-40-21-11-8-18-35(40)42-43-37-26-23-28-13-3-4-14-30(28)47(37)56-48(43)34-17-6-5-16-33(34)46(42)54/h4-12,14-22,24-25,27,44,49,52-53H,3,13,23,26H2,1-2H3. The molecule has 2 unspecified atom stereocenters. The average Bonchev–Trinajstić information content (AvgIpc) is 3.97. The molecule has 4 heterocycles. The first kappa shape index (κ1) is 31.2. The monoisotopic (exact) mass is 741 g/mol. The fourth-order valence-electron chi connectivity index (χ4n) is 11.0. The molecule has 6 aromatic carbocycles. The molecule has 1 aliphatic heterocycles. The number of hydrogen-bond acceptors (Lipinski definition) is 4. The number of aromatic nitrogens is 1. The Labute approximate surface area is 328 Å². The lowest BCUT2D eigenvalue weighted by Gasteiger charge is -2.37. The van der Waals surface area contributed by atoms with Crippen LogP contribution in [0.3, 0.4) is 0 Å². The smallest absolute Gasteiger partial charge is 0.219 e. The lowest BCUT2D eigenvalue weighted by atomic mass is 9.81. The molecule has 0 saturated carbocycles. The first-order chi connectivity index (χ1) is 27.5. The van der Waals surface area contributed by atoms with E-state index in [1.807, 2.05) is 11.3 Å². The summed E-state index contributed by atoms with van der Waals surface area (Å²) in [5, 5.41) is 16.0. The molecule has 2 atom stereocenters. The van der Waals surface area contributed by atoms with Crippen molar-refractivity contribution in [2.75, 3.05) is 10.6 Å². The third-order valence-electron chi connectivity index (χ3n) is 13.5. The second-order valence-electron chi connectivity index (χ2n) is 16.7. The number of anilines is 2. The van der Waals surface area contributed by atoms with E-state index in [-0.39, 0.29) is 17.6 Å². The first-order valence-corrected chi connectivity index (χ1v) is 20.9. The molecular formula is C51H39N3OS. The van der Waals surface area contributed by atoms with E-state index in [1.165, 1.54) is 92.9 Å². The van der Waals surface area contributed by atoms with Crippen molar-refractivity contribution in [1.29, 1.82) is 0 Å². The maximum Gasteiger partial charge on any atom is 0.219 e. The number of aryl methyl sites for hydroxylation is 1. The highest BCUT2D eigenvalue weighted by atomic mass is 32.1. The van der Waals surface area contributed by atoms with Crippen molar-refractivity contribution in [3.05, 3.63) is 160 Å². The van der Waals surface area contributed by atoms with Crippen LogP contribution in [-0.2, 0) is 11.8 Å². The zero-order chi connectivity index (χ0) is 36.9. The van der Waals surface area contributed by atoms with Gasteiger partial charge in [0.05, 0.1) is 17.1 Å². The second-order valence-corrected chi connectivity index (χ2v) is 17.7. The van der Waals surface area contributed by atoms with Crippen LogP contribution in [0.5, 0.6) is 0 Å². The molecule has 9 aromatic rings. The van der Waals surface area contributed by atoms with Crippen LogP contribution in [0.2, 0.25) is 0 Å². The molecule has 56 heavy (non-hydrogen) atoms. The van der Waals surface area contributed by atoms with Crippen molar-refractivity contribution in [2.45, 2.75) is 57.2 Å². The van der Waals surface area contributed by atoms with Gasteiger partial charge in [-0.2, -0.15) is 0 Å². The van der Waals surface area contributed by atoms with Gasteiger partial charge in [0.15, 0.2) is 0 Å². The van der Waals surface area contributed by atoms with Crippen LogP contribution in [0.15, 0.2) is 137 Å². The molecule has 13 rings (SSSR count). The van der Waals surface area contributed by atoms with Gasteiger partial charge in [0.1, 0.15) is 17.4 Å². The van der Waals surface area contributed by atoms with E-state index in [1.54, 1.807) is 5.57 Å². The van der Waals surface area contributed by atoms with E-state index < -0.39 is 0 Å². The highest BCUT2D eigenvalue weighted by Crippen LogP contribution is 2.55. The fraction of sp³-hybridized carbons (Fsp3) is 0.176. The Morgan fingerprint density at radius 3 is 2.39 bits per heavy atom. The Bertz CT molecular complexity index is 3260. The van der Waals surface area contributed by atoms with Gasteiger partial charge in [-0.25, -0.2) is 0 Å². The molecule has 5 heteroatoms. The number of rotatable bonds is 2. The molecule has 3 aromatic heterocycles. The second kappa shape index (κ2) is 11.0. The predicted molar refractivity (Wildman–Crippen MR) is 235 cm³/mol. The molecule has 2 N–H and O–H groups in total. The van der Waals surface area contributed by atoms with E-state index in [4.69, 9.17) is 4.42 Å². The van der Waals surface area contributed by atoms with Crippen molar-refractivity contribution < 1.29 is 4.42 Å². The summed E-state index contributed by atoms with van der Waals surface area (Å²) in [5.74, 6) is 0.786. The van der Waals surface area contributed by atoms with Crippen LogP contribution in [0.25, 0.3) is 70.3 Å². The van der Waals surface area contributed by atoms with Gasteiger partial charge in [-0.15, -0.1) is 11.3 Å². The van der Waals surface area contributed by atoms with E-state index in [0.29, 0.717) is 0 Å². The summed E-state index contributed by atoms with van der Waals surface area (Å²) >= 11 is 2.02. The van der Waals surface area contributed by atoms with E-state index in [2.05, 4.69) is 156 Å². The SMILES string of the molecule is CC1(C)c2ccccc2-c2ccc(C3Nc4c(oc5ccccc45)NC3n3c4ccccc4c4c5c6c(sc5c5ccccc5c43)C3=C(CCC=C3)CC6)cc21. The summed E-state index contributed by atoms with van der Waals surface area (Å²) in [4.78, 5) is 1.48.